The largest absolute Gasteiger partial charge is 0.497 e. The fourth-order valence-electron chi connectivity index (χ4n) is 2.35. The number of anilines is 1. The van der Waals surface area contributed by atoms with E-state index in [1.807, 2.05) is 0 Å². The lowest BCUT2D eigenvalue weighted by molar-refractivity contribution is -0.124. The van der Waals surface area contributed by atoms with Crippen molar-refractivity contribution in [1.82, 2.24) is 10.3 Å². The first-order valence-electron chi connectivity index (χ1n) is 6.84. The molecule has 0 aliphatic carbocycles. The van der Waals surface area contributed by atoms with Gasteiger partial charge in [0.1, 0.15) is 11.8 Å². The van der Waals surface area contributed by atoms with E-state index < -0.39 is 12.1 Å². The van der Waals surface area contributed by atoms with Crippen LogP contribution in [0.5, 0.6) is 5.75 Å². The van der Waals surface area contributed by atoms with Gasteiger partial charge in [-0.3, -0.25) is 15.6 Å². The molecule has 0 aromatic heterocycles. The molecule has 1 aromatic rings. The van der Waals surface area contributed by atoms with E-state index in [4.69, 9.17) is 15.2 Å². The van der Waals surface area contributed by atoms with E-state index in [9.17, 15) is 9.59 Å². The summed E-state index contributed by atoms with van der Waals surface area (Å²) in [5, 5.41) is 0. The molecule has 3 amide bonds. The minimum Gasteiger partial charge on any atom is -0.497 e. The monoisotopic (exact) mass is 308 g/mol. The fourth-order valence-corrected chi connectivity index (χ4v) is 2.35. The number of nitrogens with zero attached hydrogens (tertiary/aromatic N) is 1. The molecule has 8 heteroatoms. The van der Waals surface area contributed by atoms with Crippen LogP contribution < -0.4 is 21.3 Å². The van der Waals surface area contributed by atoms with Crippen molar-refractivity contribution in [3.05, 3.63) is 24.3 Å². The Balaban J connectivity index is 1.94. The van der Waals surface area contributed by atoms with Crippen molar-refractivity contribution < 1.29 is 19.1 Å². The zero-order valence-electron chi connectivity index (χ0n) is 12.5. The molecule has 1 aromatic carbocycles. The molecule has 2 unspecified atom stereocenters. The summed E-state index contributed by atoms with van der Waals surface area (Å²) < 4.78 is 10.3. The number of nitrogens with one attached hydrogen (secondary N) is 2. The fraction of sp³-hybridized carbons (Fsp3) is 0.429. The molecule has 0 spiro atoms. The maximum absolute atomic E-state index is 12.2. The van der Waals surface area contributed by atoms with E-state index in [0.29, 0.717) is 18.7 Å². The van der Waals surface area contributed by atoms with E-state index >= 15 is 0 Å². The minimum atomic E-state index is -0.645. The van der Waals surface area contributed by atoms with Gasteiger partial charge in [0, 0.05) is 20.1 Å². The average Bonchev–Trinajstić information content (AvgIpc) is 2.98. The second-order valence-electron chi connectivity index (χ2n) is 4.94. The van der Waals surface area contributed by atoms with Gasteiger partial charge in [-0.15, -0.1) is 0 Å². The summed E-state index contributed by atoms with van der Waals surface area (Å²) in [6.07, 6.45) is 0.222. The smallest absolute Gasteiger partial charge is 0.315 e. The van der Waals surface area contributed by atoms with Gasteiger partial charge in [-0.05, 0) is 24.3 Å². The minimum absolute atomic E-state index is 0.191. The third-order valence-corrected chi connectivity index (χ3v) is 3.60. The van der Waals surface area contributed by atoms with E-state index in [2.05, 4.69) is 10.9 Å². The maximum atomic E-state index is 12.2. The van der Waals surface area contributed by atoms with Crippen LogP contribution in [-0.4, -0.2) is 49.7 Å². The molecule has 22 heavy (non-hydrogen) atoms. The highest BCUT2D eigenvalue weighted by atomic mass is 16.5. The Hall–Kier alpha value is -2.48. The van der Waals surface area contributed by atoms with Crippen molar-refractivity contribution >= 4 is 17.6 Å². The SMILES string of the molecule is COc1ccc(NNC(=O)C2CC(OC)CN2C(N)=O)cc1. The number of benzene rings is 1. The second-order valence-corrected chi connectivity index (χ2v) is 4.94. The molecule has 1 aliphatic heterocycles. The Kier molecular flexibility index (Phi) is 5.05. The normalized spacial score (nSPS) is 20.5. The number of amides is 3. The van der Waals surface area contributed by atoms with Crippen molar-refractivity contribution in [3.8, 4) is 5.75 Å². The number of urea groups is 1. The predicted octanol–water partition coefficient (Wildman–Crippen LogP) is 0.306. The van der Waals surface area contributed by atoms with Crippen LogP contribution in [0, 0.1) is 0 Å². The summed E-state index contributed by atoms with van der Waals surface area (Å²) >= 11 is 0. The van der Waals surface area contributed by atoms with Gasteiger partial charge in [0.05, 0.1) is 18.9 Å². The molecule has 0 bridgehead atoms. The summed E-state index contributed by atoms with van der Waals surface area (Å²) in [4.78, 5) is 24.9. The number of carbonyl (C=O) groups excluding carboxylic acids is 2. The van der Waals surface area contributed by atoms with Gasteiger partial charge < -0.3 is 20.1 Å². The Morgan fingerprint density at radius 3 is 2.50 bits per heavy atom. The van der Waals surface area contributed by atoms with Crippen LogP contribution >= 0.6 is 0 Å². The molecule has 0 radical (unpaired) electrons. The van der Waals surface area contributed by atoms with Crippen LogP contribution in [0.15, 0.2) is 24.3 Å². The highest BCUT2D eigenvalue weighted by Crippen LogP contribution is 2.20. The lowest BCUT2D eigenvalue weighted by Gasteiger charge is -2.21. The number of likely N-dealkylation sites (tertiary alicyclic amines) is 1. The Labute approximate surface area is 128 Å². The molecule has 2 atom stereocenters. The number of nitrogens with two attached hydrogens (primary N) is 1. The van der Waals surface area contributed by atoms with Gasteiger partial charge in [0.2, 0.25) is 0 Å². The lowest BCUT2D eigenvalue weighted by Crippen LogP contribution is -2.49. The van der Waals surface area contributed by atoms with Crippen molar-refractivity contribution in [2.75, 3.05) is 26.2 Å². The first-order chi connectivity index (χ1) is 10.5. The number of carbonyl (C=O) groups is 2. The quantitative estimate of drug-likeness (QED) is 0.679. The summed E-state index contributed by atoms with van der Waals surface area (Å²) in [6.45, 7) is 0.312. The molecule has 4 N–H and O–H groups in total. The van der Waals surface area contributed by atoms with Gasteiger partial charge in [0.15, 0.2) is 0 Å². The maximum Gasteiger partial charge on any atom is 0.315 e. The third kappa shape index (κ3) is 3.59. The Morgan fingerprint density at radius 1 is 1.27 bits per heavy atom. The first-order valence-corrected chi connectivity index (χ1v) is 6.84. The van der Waals surface area contributed by atoms with Crippen LogP contribution in [-0.2, 0) is 9.53 Å². The number of ether oxygens (including phenoxy) is 2. The van der Waals surface area contributed by atoms with Gasteiger partial charge in [0.25, 0.3) is 5.91 Å². The molecular weight excluding hydrogens is 288 g/mol. The number of primary amides is 1. The molecule has 1 heterocycles. The summed E-state index contributed by atoms with van der Waals surface area (Å²) in [7, 11) is 3.12. The number of hydrogen-bond donors (Lipinski definition) is 3. The molecule has 120 valence electrons. The van der Waals surface area contributed by atoms with Crippen LogP contribution in [0.3, 0.4) is 0 Å². The molecular formula is C14H20N4O4. The molecule has 1 saturated heterocycles. The molecule has 0 saturated carbocycles. The Bertz CT molecular complexity index is 534. The molecule has 8 nitrogen and oxygen atoms in total. The van der Waals surface area contributed by atoms with Crippen molar-refractivity contribution in [3.63, 3.8) is 0 Å². The van der Waals surface area contributed by atoms with Crippen molar-refractivity contribution in [2.24, 2.45) is 5.73 Å². The second kappa shape index (κ2) is 6.99. The average molecular weight is 308 g/mol. The highest BCUT2D eigenvalue weighted by molar-refractivity contribution is 5.88. The van der Waals surface area contributed by atoms with Crippen molar-refractivity contribution in [2.45, 2.75) is 18.6 Å². The zero-order chi connectivity index (χ0) is 16.1. The van der Waals surface area contributed by atoms with E-state index in [-0.39, 0.29) is 12.0 Å². The summed E-state index contributed by atoms with van der Waals surface area (Å²) in [6, 6.07) is 5.77. The lowest BCUT2D eigenvalue weighted by atomic mass is 10.2. The zero-order valence-corrected chi connectivity index (χ0v) is 12.5. The first kappa shape index (κ1) is 15.9. The van der Waals surface area contributed by atoms with Crippen LogP contribution in [0.2, 0.25) is 0 Å². The number of hydrogen-bond acceptors (Lipinski definition) is 5. The van der Waals surface area contributed by atoms with Gasteiger partial charge >= 0.3 is 6.03 Å². The van der Waals surface area contributed by atoms with E-state index in [0.717, 1.165) is 5.75 Å². The van der Waals surface area contributed by atoms with Crippen LogP contribution in [0.1, 0.15) is 6.42 Å². The van der Waals surface area contributed by atoms with Gasteiger partial charge in [-0.25, -0.2) is 4.79 Å². The third-order valence-electron chi connectivity index (χ3n) is 3.60. The van der Waals surface area contributed by atoms with E-state index in [1.165, 1.54) is 4.90 Å². The number of methoxy groups -OCH3 is 2. The standard InChI is InChI=1S/C14H20N4O4/c1-21-10-5-3-9(4-6-10)16-17-13(19)12-7-11(22-2)8-18(12)14(15)20/h3-6,11-12,16H,7-8H2,1-2H3,(H2,15,20)(H,17,19). The molecule has 1 fully saturated rings. The topological polar surface area (TPSA) is 106 Å². The number of hydrazine groups is 1. The summed E-state index contributed by atoms with van der Waals surface area (Å²) in [5.74, 6) is 0.379. The predicted molar refractivity (Wildman–Crippen MR) is 80.3 cm³/mol. The molecule has 2 rings (SSSR count). The Morgan fingerprint density at radius 2 is 1.95 bits per heavy atom. The van der Waals surface area contributed by atoms with Crippen LogP contribution in [0.25, 0.3) is 0 Å². The summed E-state index contributed by atoms with van der Waals surface area (Å²) in [5.41, 5.74) is 11.4. The highest BCUT2D eigenvalue weighted by Gasteiger charge is 2.38. The van der Waals surface area contributed by atoms with Crippen LogP contribution in [0.4, 0.5) is 10.5 Å². The van der Waals surface area contributed by atoms with Gasteiger partial charge in [-0.1, -0.05) is 0 Å². The van der Waals surface area contributed by atoms with Gasteiger partial charge in [-0.2, -0.15) is 0 Å². The molecule has 1 aliphatic rings. The van der Waals surface area contributed by atoms with E-state index in [1.54, 1.807) is 38.5 Å². The van der Waals surface area contributed by atoms with Crippen molar-refractivity contribution in [1.29, 1.82) is 0 Å². The number of rotatable bonds is 5.